The largest absolute Gasteiger partial charge is 0.314 e. The lowest BCUT2D eigenvalue weighted by Crippen LogP contribution is -2.48. The number of hydrogen-bond acceptors (Lipinski definition) is 3. The molecule has 0 spiro atoms. The Kier molecular flexibility index (Phi) is 4.06. The molecule has 0 aromatic heterocycles. The minimum atomic E-state index is -3.71. The Morgan fingerprint density at radius 2 is 2.00 bits per heavy atom. The highest BCUT2D eigenvalue weighted by Crippen LogP contribution is 2.20. The number of halogens is 2. The summed E-state index contributed by atoms with van der Waals surface area (Å²) in [4.78, 5) is 0. The minimum absolute atomic E-state index is 0.0991. The number of benzene rings is 1. The molecular weight excluding hydrogens is 281 g/mol. The molecule has 18 heavy (non-hydrogen) atoms. The monoisotopic (exact) mass is 293 g/mol. The number of rotatable bonds is 3. The summed E-state index contributed by atoms with van der Waals surface area (Å²) in [6, 6.07) is 3.80. The van der Waals surface area contributed by atoms with E-state index in [2.05, 4.69) is 10.0 Å². The Labute approximate surface area is 110 Å². The summed E-state index contributed by atoms with van der Waals surface area (Å²) in [5.41, 5.74) is -0.0991. The van der Waals surface area contributed by atoms with Gasteiger partial charge in [0.05, 0.1) is 5.69 Å². The Morgan fingerprint density at radius 3 is 2.61 bits per heavy atom. The van der Waals surface area contributed by atoms with Crippen molar-refractivity contribution in [2.75, 3.05) is 30.9 Å². The first-order chi connectivity index (χ1) is 8.49. The molecule has 0 amide bonds. The van der Waals surface area contributed by atoms with Gasteiger partial charge in [-0.25, -0.2) is 4.39 Å². The lowest BCUT2D eigenvalue weighted by atomic mass is 10.3. The van der Waals surface area contributed by atoms with Gasteiger partial charge in [0.15, 0.2) is 0 Å². The maximum Gasteiger partial charge on any atom is 0.301 e. The van der Waals surface area contributed by atoms with E-state index in [1.165, 1.54) is 16.4 Å². The molecular formula is C10H13ClFN3O2S. The smallest absolute Gasteiger partial charge is 0.301 e. The SMILES string of the molecule is O=S(=O)(Nc1ccc(Cl)cc1F)N1CCNCC1. The average molecular weight is 294 g/mol. The molecule has 1 aromatic rings. The molecule has 5 nitrogen and oxygen atoms in total. The second-order valence-corrected chi connectivity index (χ2v) is 5.99. The minimum Gasteiger partial charge on any atom is -0.314 e. The molecule has 1 aromatic carbocycles. The lowest BCUT2D eigenvalue weighted by Gasteiger charge is -2.26. The van der Waals surface area contributed by atoms with Crippen LogP contribution in [0.25, 0.3) is 0 Å². The topological polar surface area (TPSA) is 61.4 Å². The van der Waals surface area contributed by atoms with Gasteiger partial charge in [-0.1, -0.05) is 11.6 Å². The van der Waals surface area contributed by atoms with E-state index < -0.39 is 16.0 Å². The summed E-state index contributed by atoms with van der Waals surface area (Å²) in [7, 11) is -3.71. The lowest BCUT2D eigenvalue weighted by molar-refractivity contribution is 0.362. The van der Waals surface area contributed by atoms with Crippen molar-refractivity contribution >= 4 is 27.5 Å². The molecule has 0 bridgehead atoms. The van der Waals surface area contributed by atoms with Gasteiger partial charge < -0.3 is 5.32 Å². The Morgan fingerprint density at radius 1 is 1.33 bits per heavy atom. The van der Waals surface area contributed by atoms with E-state index in [4.69, 9.17) is 11.6 Å². The van der Waals surface area contributed by atoms with Gasteiger partial charge in [0.25, 0.3) is 0 Å². The number of anilines is 1. The molecule has 0 unspecified atom stereocenters. The zero-order valence-electron chi connectivity index (χ0n) is 9.49. The van der Waals surface area contributed by atoms with Crippen molar-refractivity contribution in [3.05, 3.63) is 29.0 Å². The van der Waals surface area contributed by atoms with Crippen LogP contribution in [0.2, 0.25) is 5.02 Å². The van der Waals surface area contributed by atoms with Crippen molar-refractivity contribution in [1.82, 2.24) is 9.62 Å². The van der Waals surface area contributed by atoms with Crippen LogP contribution in [-0.4, -0.2) is 38.9 Å². The summed E-state index contributed by atoms with van der Waals surface area (Å²) in [5.74, 6) is -0.693. The van der Waals surface area contributed by atoms with Crippen molar-refractivity contribution < 1.29 is 12.8 Å². The predicted molar refractivity (Wildman–Crippen MR) is 68.4 cm³/mol. The molecule has 1 fully saturated rings. The highest BCUT2D eigenvalue weighted by molar-refractivity contribution is 7.90. The fraction of sp³-hybridized carbons (Fsp3) is 0.400. The Hall–Kier alpha value is -0.890. The van der Waals surface area contributed by atoms with Gasteiger partial charge in [0, 0.05) is 31.2 Å². The molecule has 2 rings (SSSR count). The van der Waals surface area contributed by atoms with Crippen molar-refractivity contribution in [2.24, 2.45) is 0 Å². The van der Waals surface area contributed by atoms with Gasteiger partial charge in [-0.2, -0.15) is 12.7 Å². The van der Waals surface area contributed by atoms with E-state index >= 15 is 0 Å². The maximum absolute atomic E-state index is 13.5. The summed E-state index contributed by atoms with van der Waals surface area (Å²) in [5, 5.41) is 3.26. The van der Waals surface area contributed by atoms with E-state index in [9.17, 15) is 12.8 Å². The first-order valence-electron chi connectivity index (χ1n) is 5.43. The van der Waals surface area contributed by atoms with Crippen LogP contribution in [0.3, 0.4) is 0 Å². The summed E-state index contributed by atoms with van der Waals surface area (Å²) < 4.78 is 41.0. The van der Waals surface area contributed by atoms with Crippen molar-refractivity contribution in [3.63, 3.8) is 0 Å². The molecule has 100 valence electrons. The fourth-order valence-corrected chi connectivity index (χ4v) is 3.06. The second-order valence-electron chi connectivity index (χ2n) is 3.88. The third kappa shape index (κ3) is 3.11. The molecule has 1 aliphatic rings. The molecule has 2 N–H and O–H groups in total. The van der Waals surface area contributed by atoms with E-state index in [1.54, 1.807) is 0 Å². The number of hydrogen-bond donors (Lipinski definition) is 2. The molecule has 8 heteroatoms. The molecule has 0 radical (unpaired) electrons. The van der Waals surface area contributed by atoms with Gasteiger partial charge in [-0.3, -0.25) is 4.72 Å². The van der Waals surface area contributed by atoms with Gasteiger partial charge in [-0.15, -0.1) is 0 Å². The maximum atomic E-state index is 13.5. The summed E-state index contributed by atoms with van der Waals surface area (Å²) in [6.45, 7) is 1.91. The molecule has 0 saturated carbocycles. The summed E-state index contributed by atoms with van der Waals surface area (Å²) >= 11 is 5.60. The van der Waals surface area contributed by atoms with Gasteiger partial charge in [-0.05, 0) is 18.2 Å². The third-order valence-corrected chi connectivity index (χ3v) is 4.34. The van der Waals surface area contributed by atoms with Gasteiger partial charge in [0.1, 0.15) is 5.82 Å². The van der Waals surface area contributed by atoms with Crippen LogP contribution in [0.1, 0.15) is 0 Å². The number of nitrogens with one attached hydrogen (secondary N) is 2. The number of piperazine rings is 1. The highest BCUT2D eigenvalue weighted by atomic mass is 35.5. The van der Waals surface area contributed by atoms with Crippen LogP contribution in [0, 0.1) is 5.82 Å². The van der Waals surface area contributed by atoms with E-state index in [0.29, 0.717) is 26.2 Å². The molecule has 1 saturated heterocycles. The highest BCUT2D eigenvalue weighted by Gasteiger charge is 2.24. The average Bonchev–Trinajstić information content (AvgIpc) is 2.34. The fourth-order valence-electron chi connectivity index (χ4n) is 1.66. The molecule has 1 aliphatic heterocycles. The Balaban J connectivity index is 2.16. The molecule has 0 atom stereocenters. The van der Waals surface area contributed by atoms with Crippen LogP contribution in [-0.2, 0) is 10.2 Å². The van der Waals surface area contributed by atoms with E-state index in [-0.39, 0.29) is 10.7 Å². The first-order valence-corrected chi connectivity index (χ1v) is 7.24. The van der Waals surface area contributed by atoms with Crippen LogP contribution in [0.15, 0.2) is 18.2 Å². The zero-order valence-corrected chi connectivity index (χ0v) is 11.1. The van der Waals surface area contributed by atoms with Crippen LogP contribution in [0.4, 0.5) is 10.1 Å². The van der Waals surface area contributed by atoms with Crippen LogP contribution in [0.5, 0.6) is 0 Å². The number of nitrogens with zero attached hydrogens (tertiary/aromatic N) is 1. The van der Waals surface area contributed by atoms with Crippen molar-refractivity contribution in [1.29, 1.82) is 0 Å². The van der Waals surface area contributed by atoms with E-state index in [0.717, 1.165) is 6.07 Å². The first kappa shape index (κ1) is 13.5. The normalized spacial score (nSPS) is 17.7. The van der Waals surface area contributed by atoms with Gasteiger partial charge >= 0.3 is 10.2 Å². The van der Waals surface area contributed by atoms with Crippen LogP contribution < -0.4 is 10.0 Å². The molecule has 1 heterocycles. The van der Waals surface area contributed by atoms with Crippen molar-refractivity contribution in [2.45, 2.75) is 0 Å². The second kappa shape index (κ2) is 5.40. The zero-order chi connectivity index (χ0) is 13.2. The van der Waals surface area contributed by atoms with Gasteiger partial charge in [0.2, 0.25) is 0 Å². The molecule has 0 aliphatic carbocycles. The quantitative estimate of drug-likeness (QED) is 0.875. The Bertz CT molecular complexity index is 532. The predicted octanol–water partition coefficient (Wildman–Crippen LogP) is 1.04. The third-order valence-electron chi connectivity index (χ3n) is 2.59. The summed E-state index contributed by atoms with van der Waals surface area (Å²) in [6.07, 6.45) is 0. The standard InChI is InChI=1S/C10H13ClFN3O2S/c11-8-1-2-10(9(12)7-8)14-18(16,17)15-5-3-13-4-6-15/h1-2,7,13-14H,3-6H2. The van der Waals surface area contributed by atoms with Crippen LogP contribution >= 0.6 is 11.6 Å². The van der Waals surface area contributed by atoms with E-state index in [1.807, 2.05) is 0 Å². The van der Waals surface area contributed by atoms with Crippen molar-refractivity contribution in [3.8, 4) is 0 Å².